The standard InChI is InChI=1S/C20H32O7/c1-11(2)7-14-8-13(10-25-12(3)4)5-6-15(14)26-20-19(24)18(23)17(22)16(9-21)27-20/h5-6,8,11-12,16-24H,7,9-10H2,1-4H3. The van der Waals surface area contributed by atoms with Crippen LogP contribution in [-0.4, -0.2) is 63.8 Å². The van der Waals surface area contributed by atoms with Gasteiger partial charge in [-0.25, -0.2) is 0 Å². The average molecular weight is 384 g/mol. The van der Waals surface area contributed by atoms with E-state index in [4.69, 9.17) is 14.2 Å². The molecule has 0 saturated carbocycles. The molecule has 1 aliphatic rings. The van der Waals surface area contributed by atoms with Gasteiger partial charge in [0.15, 0.2) is 0 Å². The predicted octanol–water partition coefficient (Wildman–Crippen LogP) is 0.989. The van der Waals surface area contributed by atoms with Crippen molar-refractivity contribution in [2.24, 2.45) is 5.92 Å². The molecule has 4 N–H and O–H groups in total. The lowest BCUT2D eigenvalue weighted by Crippen LogP contribution is -2.60. The molecule has 27 heavy (non-hydrogen) atoms. The van der Waals surface area contributed by atoms with Crippen LogP contribution in [0.4, 0.5) is 0 Å². The first-order chi connectivity index (χ1) is 12.7. The van der Waals surface area contributed by atoms with E-state index in [-0.39, 0.29) is 6.10 Å². The lowest BCUT2D eigenvalue weighted by atomic mass is 9.98. The molecule has 2 rings (SSSR count). The zero-order valence-corrected chi connectivity index (χ0v) is 16.4. The maximum atomic E-state index is 10.2. The van der Waals surface area contributed by atoms with Crippen molar-refractivity contribution in [2.75, 3.05) is 6.61 Å². The van der Waals surface area contributed by atoms with Crippen molar-refractivity contribution in [1.29, 1.82) is 0 Å². The quantitative estimate of drug-likeness (QED) is 0.529. The van der Waals surface area contributed by atoms with Gasteiger partial charge >= 0.3 is 0 Å². The maximum absolute atomic E-state index is 10.2. The molecule has 1 aromatic carbocycles. The van der Waals surface area contributed by atoms with Crippen LogP contribution in [0, 0.1) is 5.92 Å². The molecule has 0 spiro atoms. The molecule has 1 fully saturated rings. The molecule has 5 unspecified atom stereocenters. The van der Waals surface area contributed by atoms with Crippen molar-refractivity contribution < 1.29 is 34.6 Å². The molecule has 1 saturated heterocycles. The molecule has 0 aromatic heterocycles. The van der Waals surface area contributed by atoms with Gasteiger partial charge in [-0.2, -0.15) is 0 Å². The zero-order valence-electron chi connectivity index (χ0n) is 16.4. The summed E-state index contributed by atoms with van der Waals surface area (Å²) < 4.78 is 16.9. The Hall–Kier alpha value is -1.22. The van der Waals surface area contributed by atoms with Crippen LogP contribution in [0.3, 0.4) is 0 Å². The van der Waals surface area contributed by atoms with Crippen LogP contribution in [0.5, 0.6) is 5.75 Å². The van der Waals surface area contributed by atoms with Crippen molar-refractivity contribution in [3.63, 3.8) is 0 Å². The SMILES string of the molecule is CC(C)Cc1cc(COC(C)C)ccc1OC1OC(CO)C(O)C(O)C1O. The monoisotopic (exact) mass is 384 g/mol. The van der Waals surface area contributed by atoms with Gasteiger partial charge in [0.25, 0.3) is 0 Å². The van der Waals surface area contributed by atoms with Gasteiger partial charge in [0.05, 0.1) is 19.3 Å². The molecule has 7 heteroatoms. The van der Waals surface area contributed by atoms with E-state index in [1.165, 1.54) is 0 Å². The van der Waals surface area contributed by atoms with E-state index in [1.807, 2.05) is 26.0 Å². The molecule has 1 heterocycles. The lowest BCUT2D eigenvalue weighted by Gasteiger charge is -2.39. The summed E-state index contributed by atoms with van der Waals surface area (Å²) in [5, 5.41) is 39.3. The Morgan fingerprint density at radius 2 is 1.74 bits per heavy atom. The third-order valence-electron chi connectivity index (χ3n) is 4.43. The fourth-order valence-electron chi connectivity index (χ4n) is 2.99. The van der Waals surface area contributed by atoms with Crippen molar-refractivity contribution in [3.8, 4) is 5.75 Å². The summed E-state index contributed by atoms with van der Waals surface area (Å²) in [6.45, 7) is 8.14. The molecular formula is C20H32O7. The number of aliphatic hydroxyl groups is 4. The van der Waals surface area contributed by atoms with E-state index in [0.717, 1.165) is 17.5 Å². The van der Waals surface area contributed by atoms with E-state index >= 15 is 0 Å². The van der Waals surface area contributed by atoms with Gasteiger partial charge < -0.3 is 34.6 Å². The highest BCUT2D eigenvalue weighted by Gasteiger charge is 2.44. The van der Waals surface area contributed by atoms with Gasteiger partial charge in [0.2, 0.25) is 6.29 Å². The van der Waals surface area contributed by atoms with Crippen LogP contribution < -0.4 is 4.74 Å². The Labute approximate surface area is 160 Å². The number of hydrogen-bond acceptors (Lipinski definition) is 7. The van der Waals surface area contributed by atoms with Gasteiger partial charge in [0, 0.05) is 0 Å². The second-order valence-electron chi connectivity index (χ2n) is 7.71. The normalized spacial score (nSPS) is 28.7. The van der Waals surface area contributed by atoms with Crippen LogP contribution >= 0.6 is 0 Å². The van der Waals surface area contributed by atoms with Crippen LogP contribution in [0.2, 0.25) is 0 Å². The number of rotatable bonds is 8. The highest BCUT2D eigenvalue weighted by Crippen LogP contribution is 2.29. The zero-order chi connectivity index (χ0) is 20.1. The Balaban J connectivity index is 2.20. The minimum Gasteiger partial charge on any atom is -0.462 e. The van der Waals surface area contributed by atoms with Gasteiger partial charge in [-0.3, -0.25) is 0 Å². The Morgan fingerprint density at radius 1 is 1.04 bits per heavy atom. The first-order valence-corrected chi connectivity index (χ1v) is 9.43. The van der Waals surface area contributed by atoms with Crippen LogP contribution in [0.25, 0.3) is 0 Å². The first-order valence-electron chi connectivity index (χ1n) is 9.43. The van der Waals surface area contributed by atoms with Crippen LogP contribution in [0.15, 0.2) is 18.2 Å². The summed E-state index contributed by atoms with van der Waals surface area (Å²) >= 11 is 0. The molecule has 154 valence electrons. The van der Waals surface area contributed by atoms with E-state index in [0.29, 0.717) is 18.3 Å². The summed E-state index contributed by atoms with van der Waals surface area (Å²) in [6, 6.07) is 5.67. The third-order valence-corrected chi connectivity index (χ3v) is 4.43. The molecular weight excluding hydrogens is 352 g/mol. The maximum Gasteiger partial charge on any atom is 0.229 e. The molecule has 0 bridgehead atoms. The molecule has 7 nitrogen and oxygen atoms in total. The van der Waals surface area contributed by atoms with E-state index in [1.54, 1.807) is 6.07 Å². The Morgan fingerprint density at radius 3 is 2.33 bits per heavy atom. The molecule has 1 aliphatic heterocycles. The Bertz CT molecular complexity index is 588. The summed E-state index contributed by atoms with van der Waals surface area (Å²) in [6.07, 6.45) is -5.61. The van der Waals surface area contributed by atoms with Crippen LogP contribution in [0.1, 0.15) is 38.8 Å². The highest BCUT2D eigenvalue weighted by molar-refractivity contribution is 5.37. The first kappa shape index (κ1) is 22.1. The van der Waals surface area contributed by atoms with E-state index in [9.17, 15) is 20.4 Å². The van der Waals surface area contributed by atoms with Crippen molar-refractivity contribution in [2.45, 2.75) is 77.5 Å². The molecule has 0 amide bonds. The fourth-order valence-corrected chi connectivity index (χ4v) is 2.99. The van der Waals surface area contributed by atoms with Gasteiger partial charge in [0.1, 0.15) is 30.2 Å². The molecule has 5 atom stereocenters. The van der Waals surface area contributed by atoms with E-state index < -0.39 is 37.3 Å². The lowest BCUT2D eigenvalue weighted by molar-refractivity contribution is -0.277. The number of ether oxygens (including phenoxy) is 3. The smallest absolute Gasteiger partial charge is 0.229 e. The highest BCUT2D eigenvalue weighted by atomic mass is 16.7. The minimum absolute atomic E-state index is 0.128. The topological polar surface area (TPSA) is 109 Å². The summed E-state index contributed by atoms with van der Waals surface area (Å²) in [7, 11) is 0. The number of aliphatic hydroxyl groups excluding tert-OH is 4. The van der Waals surface area contributed by atoms with Crippen LogP contribution in [-0.2, 0) is 22.5 Å². The number of benzene rings is 1. The van der Waals surface area contributed by atoms with Crippen molar-refractivity contribution in [1.82, 2.24) is 0 Å². The minimum atomic E-state index is -1.46. The average Bonchev–Trinajstić information content (AvgIpc) is 2.61. The third kappa shape index (κ3) is 5.88. The summed E-state index contributed by atoms with van der Waals surface area (Å²) in [5.74, 6) is 0.907. The summed E-state index contributed by atoms with van der Waals surface area (Å²) in [4.78, 5) is 0. The van der Waals surface area contributed by atoms with Crippen molar-refractivity contribution in [3.05, 3.63) is 29.3 Å². The molecule has 1 aromatic rings. The molecule has 0 radical (unpaired) electrons. The fraction of sp³-hybridized carbons (Fsp3) is 0.700. The summed E-state index contributed by atoms with van der Waals surface area (Å²) in [5.41, 5.74) is 1.95. The van der Waals surface area contributed by atoms with Crippen molar-refractivity contribution >= 4 is 0 Å². The van der Waals surface area contributed by atoms with E-state index in [2.05, 4.69) is 13.8 Å². The second kappa shape index (κ2) is 9.82. The molecule has 0 aliphatic carbocycles. The Kier molecular flexibility index (Phi) is 8.03. The second-order valence-corrected chi connectivity index (χ2v) is 7.71. The largest absolute Gasteiger partial charge is 0.462 e. The predicted molar refractivity (Wildman–Crippen MR) is 99.3 cm³/mol. The van der Waals surface area contributed by atoms with Gasteiger partial charge in [-0.05, 0) is 49.4 Å². The number of hydrogen-bond donors (Lipinski definition) is 4. The van der Waals surface area contributed by atoms with Gasteiger partial charge in [-0.15, -0.1) is 0 Å². The van der Waals surface area contributed by atoms with Gasteiger partial charge in [-0.1, -0.05) is 19.9 Å².